The first-order valence-electron chi connectivity index (χ1n) is 6.13. The largest absolute Gasteiger partial charge is 0.495 e. The van der Waals surface area contributed by atoms with E-state index in [4.69, 9.17) is 10.5 Å². The van der Waals surface area contributed by atoms with Crippen LogP contribution in [0.4, 0.5) is 0 Å². The molecule has 17 heavy (non-hydrogen) atoms. The SMILES string of the molecule is COc1cccnc1C(N)CC1CCSCC1. The lowest BCUT2D eigenvalue weighted by Crippen LogP contribution is -2.20. The monoisotopic (exact) mass is 252 g/mol. The minimum atomic E-state index is -0.000694. The van der Waals surface area contributed by atoms with Crippen molar-refractivity contribution in [1.82, 2.24) is 4.98 Å². The Morgan fingerprint density at radius 3 is 3.00 bits per heavy atom. The van der Waals surface area contributed by atoms with Crippen LogP contribution < -0.4 is 10.5 Å². The second-order valence-electron chi connectivity index (χ2n) is 4.49. The number of thioether (sulfide) groups is 1. The van der Waals surface area contributed by atoms with Gasteiger partial charge in [0.05, 0.1) is 18.8 Å². The summed E-state index contributed by atoms with van der Waals surface area (Å²) >= 11 is 2.05. The average molecular weight is 252 g/mol. The van der Waals surface area contributed by atoms with E-state index in [1.54, 1.807) is 13.3 Å². The molecular formula is C13H20N2OS. The molecule has 1 aliphatic rings. The maximum absolute atomic E-state index is 6.25. The van der Waals surface area contributed by atoms with Crippen LogP contribution in [0.1, 0.15) is 31.0 Å². The van der Waals surface area contributed by atoms with Crippen LogP contribution in [-0.2, 0) is 0 Å². The van der Waals surface area contributed by atoms with E-state index < -0.39 is 0 Å². The van der Waals surface area contributed by atoms with Gasteiger partial charge in [-0.25, -0.2) is 0 Å². The molecule has 0 aliphatic carbocycles. The van der Waals surface area contributed by atoms with Crippen molar-refractivity contribution in [3.05, 3.63) is 24.0 Å². The number of methoxy groups -OCH3 is 1. The zero-order valence-electron chi connectivity index (χ0n) is 10.3. The molecule has 0 radical (unpaired) electrons. The summed E-state index contributed by atoms with van der Waals surface area (Å²) in [7, 11) is 1.67. The van der Waals surface area contributed by atoms with Gasteiger partial charge in [0.2, 0.25) is 0 Å². The van der Waals surface area contributed by atoms with Gasteiger partial charge in [0.25, 0.3) is 0 Å². The number of nitrogens with zero attached hydrogens (tertiary/aromatic N) is 1. The number of rotatable bonds is 4. The van der Waals surface area contributed by atoms with E-state index in [1.807, 2.05) is 23.9 Å². The van der Waals surface area contributed by atoms with Gasteiger partial charge in [0, 0.05) is 6.20 Å². The van der Waals surface area contributed by atoms with Gasteiger partial charge in [-0.2, -0.15) is 11.8 Å². The summed E-state index contributed by atoms with van der Waals surface area (Å²) in [5.74, 6) is 4.11. The van der Waals surface area contributed by atoms with Gasteiger partial charge in [0.15, 0.2) is 0 Å². The van der Waals surface area contributed by atoms with Gasteiger partial charge in [-0.15, -0.1) is 0 Å². The lowest BCUT2D eigenvalue weighted by Gasteiger charge is -2.24. The molecule has 1 aromatic heterocycles. The zero-order chi connectivity index (χ0) is 12.1. The highest BCUT2D eigenvalue weighted by molar-refractivity contribution is 7.99. The van der Waals surface area contributed by atoms with E-state index in [0.29, 0.717) is 0 Å². The molecule has 1 saturated heterocycles. The van der Waals surface area contributed by atoms with Gasteiger partial charge in [-0.3, -0.25) is 4.98 Å². The highest BCUT2D eigenvalue weighted by atomic mass is 32.2. The fraction of sp³-hybridized carbons (Fsp3) is 0.615. The summed E-state index contributed by atoms with van der Waals surface area (Å²) in [4.78, 5) is 4.36. The number of nitrogens with two attached hydrogens (primary N) is 1. The fourth-order valence-electron chi connectivity index (χ4n) is 2.31. The summed E-state index contributed by atoms with van der Waals surface area (Å²) in [6.07, 6.45) is 5.38. The molecule has 94 valence electrons. The third-order valence-electron chi connectivity index (χ3n) is 3.30. The van der Waals surface area contributed by atoms with Crippen molar-refractivity contribution in [3.63, 3.8) is 0 Å². The molecule has 0 amide bonds. The molecule has 1 atom stereocenters. The van der Waals surface area contributed by atoms with Crippen LogP contribution in [0.3, 0.4) is 0 Å². The minimum Gasteiger partial charge on any atom is -0.495 e. The third-order valence-corrected chi connectivity index (χ3v) is 4.35. The first-order valence-corrected chi connectivity index (χ1v) is 7.29. The Morgan fingerprint density at radius 1 is 1.53 bits per heavy atom. The molecule has 1 fully saturated rings. The maximum atomic E-state index is 6.25. The summed E-state index contributed by atoms with van der Waals surface area (Å²) in [6, 6.07) is 3.81. The van der Waals surface area contributed by atoms with E-state index >= 15 is 0 Å². The van der Waals surface area contributed by atoms with Gasteiger partial charge in [-0.1, -0.05) is 0 Å². The van der Waals surface area contributed by atoms with Crippen LogP contribution in [0.25, 0.3) is 0 Å². The van der Waals surface area contributed by atoms with Crippen LogP contribution in [0.2, 0.25) is 0 Å². The molecule has 3 nitrogen and oxygen atoms in total. The van der Waals surface area contributed by atoms with Crippen molar-refractivity contribution in [2.45, 2.75) is 25.3 Å². The Bertz CT molecular complexity index is 353. The first kappa shape index (κ1) is 12.7. The average Bonchev–Trinajstić information content (AvgIpc) is 2.40. The van der Waals surface area contributed by atoms with Gasteiger partial charge >= 0.3 is 0 Å². The lowest BCUT2D eigenvalue weighted by molar-refractivity contribution is 0.377. The molecular weight excluding hydrogens is 232 g/mol. The molecule has 1 aromatic rings. The van der Waals surface area contributed by atoms with Crippen LogP contribution in [-0.4, -0.2) is 23.6 Å². The zero-order valence-corrected chi connectivity index (χ0v) is 11.1. The fourth-order valence-corrected chi connectivity index (χ4v) is 3.51. The van der Waals surface area contributed by atoms with Crippen molar-refractivity contribution in [1.29, 1.82) is 0 Å². The predicted octanol–water partition coefficient (Wildman–Crippen LogP) is 2.62. The molecule has 1 unspecified atom stereocenters. The number of ether oxygens (including phenoxy) is 1. The molecule has 0 saturated carbocycles. The molecule has 0 aromatic carbocycles. The molecule has 4 heteroatoms. The van der Waals surface area contributed by atoms with E-state index in [0.717, 1.165) is 23.8 Å². The van der Waals surface area contributed by atoms with Crippen molar-refractivity contribution < 1.29 is 4.74 Å². The summed E-state index contributed by atoms with van der Waals surface area (Å²) in [5.41, 5.74) is 7.15. The number of aromatic nitrogens is 1. The Labute approximate surface area is 107 Å². The summed E-state index contributed by atoms with van der Waals surface area (Å²) < 4.78 is 5.31. The van der Waals surface area contributed by atoms with Crippen molar-refractivity contribution in [2.75, 3.05) is 18.6 Å². The second kappa shape index (κ2) is 6.26. The topological polar surface area (TPSA) is 48.1 Å². The normalized spacial score (nSPS) is 18.9. The van der Waals surface area contributed by atoms with Crippen molar-refractivity contribution in [3.8, 4) is 5.75 Å². The minimum absolute atomic E-state index is 0.000694. The Morgan fingerprint density at radius 2 is 2.29 bits per heavy atom. The Kier molecular flexibility index (Phi) is 4.68. The molecule has 2 rings (SSSR count). The van der Waals surface area contributed by atoms with Crippen LogP contribution >= 0.6 is 11.8 Å². The summed E-state index contributed by atoms with van der Waals surface area (Å²) in [6.45, 7) is 0. The summed E-state index contributed by atoms with van der Waals surface area (Å²) in [5, 5.41) is 0. The van der Waals surface area contributed by atoms with Crippen LogP contribution in [0.5, 0.6) is 5.75 Å². The third kappa shape index (κ3) is 3.36. The van der Waals surface area contributed by atoms with Gasteiger partial charge in [0.1, 0.15) is 5.75 Å². The van der Waals surface area contributed by atoms with Gasteiger partial charge < -0.3 is 10.5 Å². The van der Waals surface area contributed by atoms with Crippen LogP contribution in [0, 0.1) is 5.92 Å². The quantitative estimate of drug-likeness (QED) is 0.895. The molecule has 0 spiro atoms. The lowest BCUT2D eigenvalue weighted by atomic mass is 9.93. The smallest absolute Gasteiger partial charge is 0.141 e. The Balaban J connectivity index is 2.00. The highest BCUT2D eigenvalue weighted by Gasteiger charge is 2.20. The Hall–Kier alpha value is -0.740. The van der Waals surface area contributed by atoms with Gasteiger partial charge in [-0.05, 0) is 48.8 Å². The molecule has 2 heterocycles. The maximum Gasteiger partial charge on any atom is 0.141 e. The van der Waals surface area contributed by atoms with Crippen LogP contribution in [0.15, 0.2) is 18.3 Å². The predicted molar refractivity (Wildman–Crippen MR) is 72.4 cm³/mol. The molecule has 2 N–H and O–H groups in total. The first-order chi connectivity index (χ1) is 8.31. The number of hydrogen-bond acceptors (Lipinski definition) is 4. The molecule has 1 aliphatic heterocycles. The standard InChI is InChI=1S/C13H20N2OS/c1-16-12-3-2-6-15-13(12)11(14)9-10-4-7-17-8-5-10/h2-3,6,10-11H,4-5,7-9,14H2,1H3. The van der Waals surface area contributed by atoms with Crippen molar-refractivity contribution >= 4 is 11.8 Å². The highest BCUT2D eigenvalue weighted by Crippen LogP contribution is 2.31. The van der Waals surface area contributed by atoms with Crippen molar-refractivity contribution in [2.24, 2.45) is 11.7 Å². The van der Waals surface area contributed by atoms with E-state index in [-0.39, 0.29) is 6.04 Å². The second-order valence-corrected chi connectivity index (χ2v) is 5.71. The molecule has 0 bridgehead atoms. The van der Waals surface area contributed by atoms with E-state index in [1.165, 1.54) is 24.3 Å². The number of hydrogen-bond donors (Lipinski definition) is 1. The van der Waals surface area contributed by atoms with E-state index in [9.17, 15) is 0 Å². The van der Waals surface area contributed by atoms with E-state index in [2.05, 4.69) is 4.98 Å². The number of pyridine rings is 1.